The maximum Gasteiger partial charge on any atom is 0.123 e. The molecule has 1 saturated heterocycles. The lowest BCUT2D eigenvalue weighted by molar-refractivity contribution is 0.0700. The summed E-state index contributed by atoms with van der Waals surface area (Å²) < 4.78 is 10.6. The van der Waals surface area contributed by atoms with Gasteiger partial charge in [0.05, 0.1) is 18.9 Å². The summed E-state index contributed by atoms with van der Waals surface area (Å²) in [5.74, 6) is 0.795. The molecule has 1 unspecified atom stereocenters. The van der Waals surface area contributed by atoms with E-state index in [-0.39, 0.29) is 12.6 Å². The van der Waals surface area contributed by atoms with Crippen LogP contribution in [0.4, 0.5) is 0 Å². The number of hydrogen-bond donors (Lipinski definition) is 2. The van der Waals surface area contributed by atoms with Crippen LogP contribution in [0, 0.1) is 0 Å². The van der Waals surface area contributed by atoms with Crippen LogP contribution in [-0.2, 0) is 4.74 Å². The lowest BCUT2D eigenvalue weighted by atomic mass is 10.1. The molecular weight excluding hydrogens is 194 g/mol. The van der Waals surface area contributed by atoms with E-state index in [0.29, 0.717) is 6.04 Å². The van der Waals surface area contributed by atoms with Gasteiger partial charge in [0.2, 0.25) is 0 Å². The largest absolute Gasteiger partial charge is 0.468 e. The van der Waals surface area contributed by atoms with E-state index in [1.165, 1.54) is 0 Å². The van der Waals surface area contributed by atoms with Crippen molar-refractivity contribution in [2.24, 2.45) is 0 Å². The minimum absolute atomic E-state index is 0.0604. The molecule has 2 N–H and O–H groups in total. The Labute approximate surface area is 89.2 Å². The number of aliphatic hydroxyl groups excluding tert-OH is 1. The van der Waals surface area contributed by atoms with E-state index in [4.69, 9.17) is 9.15 Å². The van der Waals surface area contributed by atoms with Gasteiger partial charge in [-0.2, -0.15) is 0 Å². The van der Waals surface area contributed by atoms with E-state index in [2.05, 4.69) is 5.32 Å². The van der Waals surface area contributed by atoms with Crippen LogP contribution in [0.3, 0.4) is 0 Å². The van der Waals surface area contributed by atoms with Crippen molar-refractivity contribution in [3.63, 3.8) is 0 Å². The summed E-state index contributed by atoms with van der Waals surface area (Å²) >= 11 is 0. The van der Waals surface area contributed by atoms with E-state index < -0.39 is 0 Å². The van der Waals surface area contributed by atoms with Gasteiger partial charge in [-0.1, -0.05) is 0 Å². The highest BCUT2D eigenvalue weighted by atomic mass is 16.5. The Balaban J connectivity index is 1.90. The van der Waals surface area contributed by atoms with Gasteiger partial charge in [0, 0.05) is 19.3 Å². The zero-order chi connectivity index (χ0) is 10.5. The standard InChI is InChI=1S/C11H17NO3/c13-8-10(11-2-1-5-15-11)12-9-3-6-14-7-4-9/h1-2,5,9-10,12-13H,3-4,6-8H2. The molecule has 0 aromatic carbocycles. The Hall–Kier alpha value is -0.840. The number of ether oxygens (including phenoxy) is 1. The molecule has 4 nitrogen and oxygen atoms in total. The maximum absolute atomic E-state index is 9.27. The molecule has 1 fully saturated rings. The summed E-state index contributed by atoms with van der Waals surface area (Å²) in [5.41, 5.74) is 0. The van der Waals surface area contributed by atoms with Crippen LogP contribution in [0.1, 0.15) is 24.6 Å². The van der Waals surface area contributed by atoms with Crippen molar-refractivity contribution in [3.05, 3.63) is 24.2 Å². The molecule has 0 spiro atoms. The van der Waals surface area contributed by atoms with Crippen LogP contribution < -0.4 is 5.32 Å². The summed E-state index contributed by atoms with van der Waals surface area (Å²) in [6, 6.07) is 4.04. The first-order chi connectivity index (χ1) is 7.40. The Morgan fingerprint density at radius 1 is 1.47 bits per heavy atom. The fourth-order valence-corrected chi connectivity index (χ4v) is 1.86. The fraction of sp³-hybridized carbons (Fsp3) is 0.636. The summed E-state index contributed by atoms with van der Waals surface area (Å²) in [6.45, 7) is 1.66. The van der Waals surface area contributed by atoms with Crippen molar-refractivity contribution in [2.45, 2.75) is 24.9 Å². The zero-order valence-electron chi connectivity index (χ0n) is 8.69. The molecule has 0 saturated carbocycles. The molecule has 1 atom stereocenters. The molecule has 2 rings (SSSR count). The number of nitrogens with one attached hydrogen (secondary N) is 1. The molecule has 1 aliphatic heterocycles. The van der Waals surface area contributed by atoms with Crippen molar-refractivity contribution < 1.29 is 14.3 Å². The third-order valence-electron chi connectivity index (χ3n) is 2.73. The van der Waals surface area contributed by atoms with Crippen molar-refractivity contribution in [1.82, 2.24) is 5.32 Å². The summed E-state index contributed by atoms with van der Waals surface area (Å²) in [6.07, 6.45) is 3.62. The van der Waals surface area contributed by atoms with Crippen LogP contribution in [0.25, 0.3) is 0 Å². The zero-order valence-corrected chi connectivity index (χ0v) is 8.69. The molecule has 4 heteroatoms. The molecule has 2 heterocycles. The van der Waals surface area contributed by atoms with Crippen LogP contribution >= 0.6 is 0 Å². The second kappa shape index (κ2) is 5.30. The van der Waals surface area contributed by atoms with Crippen molar-refractivity contribution >= 4 is 0 Å². The molecule has 1 aromatic heterocycles. The Bertz CT molecular complexity index is 267. The fourth-order valence-electron chi connectivity index (χ4n) is 1.86. The van der Waals surface area contributed by atoms with E-state index in [1.54, 1.807) is 6.26 Å². The van der Waals surface area contributed by atoms with Crippen LogP contribution in [0.15, 0.2) is 22.8 Å². The highest BCUT2D eigenvalue weighted by molar-refractivity contribution is 5.04. The molecular formula is C11H17NO3. The van der Waals surface area contributed by atoms with E-state index in [1.807, 2.05) is 12.1 Å². The summed E-state index contributed by atoms with van der Waals surface area (Å²) in [7, 11) is 0. The van der Waals surface area contributed by atoms with Gasteiger partial charge in [0.15, 0.2) is 0 Å². The van der Waals surface area contributed by atoms with Gasteiger partial charge in [-0.3, -0.25) is 0 Å². The average Bonchev–Trinajstić information content (AvgIpc) is 2.81. The first kappa shape index (κ1) is 10.7. The Morgan fingerprint density at radius 2 is 2.27 bits per heavy atom. The van der Waals surface area contributed by atoms with Crippen molar-refractivity contribution in [1.29, 1.82) is 0 Å². The van der Waals surface area contributed by atoms with E-state index in [9.17, 15) is 5.11 Å². The topological polar surface area (TPSA) is 54.6 Å². The second-order valence-electron chi connectivity index (χ2n) is 3.80. The maximum atomic E-state index is 9.27. The summed E-state index contributed by atoms with van der Waals surface area (Å²) in [4.78, 5) is 0. The molecule has 1 aromatic rings. The van der Waals surface area contributed by atoms with E-state index >= 15 is 0 Å². The highest BCUT2D eigenvalue weighted by Gasteiger charge is 2.20. The molecule has 84 valence electrons. The normalized spacial score (nSPS) is 20.3. The van der Waals surface area contributed by atoms with Gasteiger partial charge < -0.3 is 19.6 Å². The number of aliphatic hydroxyl groups is 1. The van der Waals surface area contributed by atoms with Crippen molar-refractivity contribution in [3.8, 4) is 0 Å². The minimum Gasteiger partial charge on any atom is -0.468 e. The molecule has 0 aliphatic carbocycles. The minimum atomic E-state index is -0.0944. The molecule has 0 radical (unpaired) electrons. The lowest BCUT2D eigenvalue weighted by Gasteiger charge is -2.26. The van der Waals surface area contributed by atoms with E-state index in [0.717, 1.165) is 31.8 Å². The molecule has 15 heavy (non-hydrogen) atoms. The van der Waals surface area contributed by atoms with Gasteiger partial charge in [0.1, 0.15) is 5.76 Å². The molecule has 0 amide bonds. The highest BCUT2D eigenvalue weighted by Crippen LogP contribution is 2.16. The van der Waals surface area contributed by atoms with Gasteiger partial charge in [-0.05, 0) is 25.0 Å². The summed E-state index contributed by atoms with van der Waals surface area (Å²) in [5, 5.41) is 12.7. The smallest absolute Gasteiger partial charge is 0.123 e. The van der Waals surface area contributed by atoms with Gasteiger partial charge in [0.25, 0.3) is 0 Å². The number of hydrogen-bond acceptors (Lipinski definition) is 4. The van der Waals surface area contributed by atoms with Crippen LogP contribution in [0.5, 0.6) is 0 Å². The third-order valence-corrected chi connectivity index (χ3v) is 2.73. The van der Waals surface area contributed by atoms with Crippen molar-refractivity contribution in [2.75, 3.05) is 19.8 Å². The SMILES string of the molecule is OCC(NC1CCOCC1)c1ccco1. The Kier molecular flexibility index (Phi) is 3.77. The van der Waals surface area contributed by atoms with Gasteiger partial charge in [-0.25, -0.2) is 0 Å². The van der Waals surface area contributed by atoms with Gasteiger partial charge >= 0.3 is 0 Å². The number of furan rings is 1. The van der Waals surface area contributed by atoms with Gasteiger partial charge in [-0.15, -0.1) is 0 Å². The molecule has 0 bridgehead atoms. The molecule has 1 aliphatic rings. The van der Waals surface area contributed by atoms with Crippen LogP contribution in [0.2, 0.25) is 0 Å². The monoisotopic (exact) mass is 211 g/mol. The second-order valence-corrected chi connectivity index (χ2v) is 3.80. The lowest BCUT2D eigenvalue weighted by Crippen LogP contribution is -2.38. The first-order valence-corrected chi connectivity index (χ1v) is 5.38. The average molecular weight is 211 g/mol. The first-order valence-electron chi connectivity index (χ1n) is 5.38. The number of rotatable bonds is 4. The third kappa shape index (κ3) is 2.81. The van der Waals surface area contributed by atoms with Crippen LogP contribution in [-0.4, -0.2) is 31.0 Å². The predicted molar refractivity (Wildman–Crippen MR) is 55.5 cm³/mol. The Morgan fingerprint density at radius 3 is 2.87 bits per heavy atom. The predicted octanol–water partition coefficient (Wildman–Crippen LogP) is 1.08. The quantitative estimate of drug-likeness (QED) is 0.782.